The molecule has 2 N–H and O–H groups in total. The summed E-state index contributed by atoms with van der Waals surface area (Å²) in [6, 6.07) is 24.3. The first-order valence-electron chi connectivity index (χ1n) is 9.16. The van der Waals surface area contributed by atoms with E-state index in [0.29, 0.717) is 6.54 Å². The van der Waals surface area contributed by atoms with Crippen molar-refractivity contribution in [3.05, 3.63) is 95.1 Å². The minimum atomic E-state index is -2.14. The van der Waals surface area contributed by atoms with E-state index >= 15 is 0 Å². The van der Waals surface area contributed by atoms with Crippen LogP contribution in [-0.4, -0.2) is 8.76 Å². The third-order valence-electron chi connectivity index (χ3n) is 4.95. The lowest BCUT2D eigenvalue weighted by atomic mass is 9.84. The minimum absolute atomic E-state index is 0.00698. The Hall–Kier alpha value is -2.27. The van der Waals surface area contributed by atoms with Crippen LogP contribution < -0.4 is 5.73 Å². The number of nitrogens with two attached hydrogens (primary N) is 1. The van der Waals surface area contributed by atoms with Gasteiger partial charge in [-0.25, -0.2) is 0 Å². The van der Waals surface area contributed by atoms with Crippen molar-refractivity contribution in [2.75, 3.05) is 0 Å². The second-order valence-electron chi connectivity index (χ2n) is 6.59. The van der Waals surface area contributed by atoms with E-state index in [1.165, 1.54) is 5.56 Å². The van der Waals surface area contributed by atoms with Gasteiger partial charge < -0.3 is 10.3 Å². The topological polar surface area (TPSA) is 66.1 Å². The van der Waals surface area contributed by atoms with Crippen LogP contribution in [0.4, 0.5) is 0 Å². The molecule has 0 saturated carbocycles. The molecule has 0 fully saturated rings. The molecule has 0 bridgehead atoms. The highest BCUT2D eigenvalue weighted by molar-refractivity contribution is 7.78. The van der Waals surface area contributed by atoms with E-state index in [1.807, 2.05) is 54.6 Å². The van der Waals surface area contributed by atoms with Crippen molar-refractivity contribution in [3.63, 3.8) is 0 Å². The lowest BCUT2D eigenvalue weighted by Crippen LogP contribution is -2.08. The fourth-order valence-electron chi connectivity index (χ4n) is 3.67. The lowest BCUT2D eigenvalue weighted by molar-refractivity contribution is 0.536. The van der Waals surface area contributed by atoms with Gasteiger partial charge in [-0.15, -0.1) is 0 Å². The Morgan fingerprint density at radius 1 is 0.963 bits per heavy atom. The number of rotatable bonds is 7. The molecule has 0 heterocycles. The van der Waals surface area contributed by atoms with Gasteiger partial charge in [0.15, 0.2) is 0 Å². The highest BCUT2D eigenvalue weighted by atomic mass is 32.2. The lowest BCUT2D eigenvalue weighted by Gasteiger charge is -2.21. The molecule has 140 valence electrons. The average Bonchev–Trinajstić information content (AvgIpc) is 2.69. The summed E-state index contributed by atoms with van der Waals surface area (Å²) in [6.45, 7) is 2.64. The normalized spacial score (nSPS) is 13.3. The summed E-state index contributed by atoms with van der Waals surface area (Å²) in [4.78, 5) is 0. The van der Waals surface area contributed by atoms with E-state index in [9.17, 15) is 8.76 Å². The van der Waals surface area contributed by atoms with E-state index in [-0.39, 0.29) is 11.7 Å². The zero-order valence-electron chi connectivity index (χ0n) is 15.4. The molecule has 0 spiro atoms. The van der Waals surface area contributed by atoms with Crippen LogP contribution in [0.25, 0.3) is 11.1 Å². The van der Waals surface area contributed by atoms with E-state index < -0.39 is 11.1 Å². The first-order chi connectivity index (χ1) is 13.1. The first kappa shape index (κ1) is 19.5. The van der Waals surface area contributed by atoms with Crippen molar-refractivity contribution in [1.29, 1.82) is 0 Å². The van der Waals surface area contributed by atoms with Crippen molar-refractivity contribution in [3.8, 4) is 11.1 Å². The van der Waals surface area contributed by atoms with Gasteiger partial charge in [0.1, 0.15) is 0 Å². The van der Waals surface area contributed by atoms with Gasteiger partial charge in [0, 0.05) is 18.2 Å². The van der Waals surface area contributed by atoms with Crippen molar-refractivity contribution in [2.24, 2.45) is 5.73 Å². The summed E-state index contributed by atoms with van der Waals surface area (Å²) in [6.07, 6.45) is 0.918. The predicted octanol–water partition coefficient (Wildman–Crippen LogP) is 4.73. The van der Waals surface area contributed by atoms with E-state index in [0.717, 1.165) is 34.2 Å². The first-order valence-corrected chi connectivity index (χ1v) is 10.4. The molecule has 4 heteroatoms. The Morgan fingerprint density at radius 3 is 2.33 bits per heavy atom. The maximum absolute atomic E-state index is 11.5. The molecular formula is C23H24NO2S-. The summed E-state index contributed by atoms with van der Waals surface area (Å²) in [5.74, 6) is 0.195. The fourth-order valence-corrected chi connectivity index (χ4v) is 4.16. The molecule has 3 nitrogen and oxygen atoms in total. The largest absolute Gasteiger partial charge is 0.772 e. The van der Waals surface area contributed by atoms with Gasteiger partial charge in [-0.05, 0) is 39.8 Å². The molecule has 0 aromatic heterocycles. The van der Waals surface area contributed by atoms with E-state index in [1.54, 1.807) is 0 Å². The maximum Gasteiger partial charge on any atom is 0.0359 e. The van der Waals surface area contributed by atoms with Gasteiger partial charge >= 0.3 is 0 Å². The van der Waals surface area contributed by atoms with Crippen LogP contribution in [0.1, 0.15) is 41.5 Å². The third kappa shape index (κ3) is 4.53. The van der Waals surface area contributed by atoms with Gasteiger partial charge in [0.25, 0.3) is 0 Å². The predicted molar refractivity (Wildman–Crippen MR) is 111 cm³/mol. The van der Waals surface area contributed by atoms with Gasteiger partial charge in [-0.1, -0.05) is 90.8 Å². The standard InChI is InChI=1S/C23H25NO2S/c1-2-21(23-11-7-6-10-19(23)15-24)18-12-13-22(17-8-4-3-5-9-17)20(14-18)16-27(25)26/h3-14,21H,2,15-16,24H2,1H3,(H,25,26)/p-1. The fraction of sp³-hybridized carbons (Fsp3) is 0.217. The molecule has 0 amide bonds. The summed E-state index contributed by atoms with van der Waals surface area (Å²) in [5, 5.41) is 0. The van der Waals surface area contributed by atoms with Gasteiger partial charge in [0.2, 0.25) is 0 Å². The smallest absolute Gasteiger partial charge is 0.0359 e. The van der Waals surface area contributed by atoms with Crippen molar-refractivity contribution in [1.82, 2.24) is 0 Å². The van der Waals surface area contributed by atoms with Crippen LogP contribution in [-0.2, 0) is 23.4 Å². The highest BCUT2D eigenvalue weighted by Crippen LogP contribution is 2.34. The second kappa shape index (κ2) is 9.09. The molecule has 3 aromatic rings. The van der Waals surface area contributed by atoms with Crippen LogP contribution in [0.2, 0.25) is 0 Å². The van der Waals surface area contributed by atoms with Crippen LogP contribution in [0.5, 0.6) is 0 Å². The summed E-state index contributed by atoms with van der Waals surface area (Å²) in [7, 11) is 0. The van der Waals surface area contributed by atoms with Gasteiger partial charge in [-0.3, -0.25) is 4.21 Å². The molecule has 2 atom stereocenters. The molecule has 3 aromatic carbocycles. The Morgan fingerprint density at radius 2 is 1.67 bits per heavy atom. The molecule has 0 aliphatic carbocycles. The van der Waals surface area contributed by atoms with Crippen LogP contribution >= 0.6 is 0 Å². The Bertz CT molecular complexity index is 925. The Kier molecular flexibility index (Phi) is 6.56. The number of benzene rings is 3. The highest BCUT2D eigenvalue weighted by Gasteiger charge is 2.17. The number of hydrogen-bond donors (Lipinski definition) is 1. The molecule has 0 aliphatic rings. The SMILES string of the molecule is CCC(c1ccc(-c2ccccc2)c(CS(=O)[O-])c1)c1ccccc1CN. The van der Waals surface area contributed by atoms with Crippen molar-refractivity contribution in [2.45, 2.75) is 31.6 Å². The molecule has 0 saturated heterocycles. The molecule has 27 heavy (non-hydrogen) atoms. The Balaban J connectivity index is 2.09. The molecular weight excluding hydrogens is 354 g/mol. The summed E-state index contributed by atoms with van der Waals surface area (Å²) >= 11 is -2.14. The van der Waals surface area contributed by atoms with Crippen molar-refractivity contribution < 1.29 is 8.76 Å². The Labute approximate surface area is 163 Å². The molecule has 3 rings (SSSR count). The average molecular weight is 379 g/mol. The van der Waals surface area contributed by atoms with Gasteiger partial charge in [0.05, 0.1) is 0 Å². The van der Waals surface area contributed by atoms with E-state index in [4.69, 9.17) is 5.73 Å². The third-order valence-corrected chi connectivity index (χ3v) is 5.50. The number of hydrogen-bond acceptors (Lipinski definition) is 3. The van der Waals surface area contributed by atoms with Crippen molar-refractivity contribution >= 4 is 11.1 Å². The monoisotopic (exact) mass is 378 g/mol. The summed E-state index contributed by atoms with van der Waals surface area (Å²) in [5.41, 5.74) is 12.2. The quantitative estimate of drug-likeness (QED) is 0.604. The minimum Gasteiger partial charge on any atom is -0.772 e. The molecule has 0 aliphatic heterocycles. The molecule has 0 radical (unpaired) electrons. The summed E-state index contributed by atoms with van der Waals surface area (Å²) < 4.78 is 22.9. The molecule has 2 unspecified atom stereocenters. The van der Waals surface area contributed by atoms with Crippen LogP contribution in [0, 0.1) is 0 Å². The van der Waals surface area contributed by atoms with E-state index in [2.05, 4.69) is 25.1 Å². The zero-order valence-corrected chi connectivity index (χ0v) is 16.2. The zero-order chi connectivity index (χ0) is 19.2. The second-order valence-corrected chi connectivity index (χ2v) is 7.49. The van der Waals surface area contributed by atoms with Crippen LogP contribution in [0.15, 0.2) is 72.8 Å². The van der Waals surface area contributed by atoms with Crippen LogP contribution in [0.3, 0.4) is 0 Å². The van der Waals surface area contributed by atoms with Gasteiger partial charge in [-0.2, -0.15) is 0 Å². The maximum atomic E-state index is 11.5.